The SMILES string of the molecule is CN=C(NCC(C)(C)c1cccc(F)c1)NCC1(N(C)C)CCOCC1. The van der Waals surface area contributed by atoms with Gasteiger partial charge in [-0.1, -0.05) is 26.0 Å². The maximum Gasteiger partial charge on any atom is 0.191 e. The van der Waals surface area contributed by atoms with E-state index < -0.39 is 0 Å². The molecule has 2 N–H and O–H groups in total. The maximum absolute atomic E-state index is 13.5. The summed E-state index contributed by atoms with van der Waals surface area (Å²) in [6, 6.07) is 6.79. The van der Waals surface area contributed by atoms with Gasteiger partial charge in [-0.25, -0.2) is 4.39 Å². The van der Waals surface area contributed by atoms with Gasteiger partial charge >= 0.3 is 0 Å². The van der Waals surface area contributed by atoms with E-state index in [9.17, 15) is 4.39 Å². The molecule has 0 spiro atoms. The molecule has 1 aliphatic heterocycles. The fourth-order valence-corrected chi connectivity index (χ4v) is 3.32. The van der Waals surface area contributed by atoms with Gasteiger partial charge in [0.05, 0.1) is 0 Å². The van der Waals surface area contributed by atoms with E-state index in [0.717, 1.165) is 44.1 Å². The van der Waals surface area contributed by atoms with E-state index >= 15 is 0 Å². The van der Waals surface area contributed by atoms with Gasteiger partial charge in [-0.2, -0.15) is 0 Å². The zero-order valence-electron chi connectivity index (χ0n) is 16.7. The van der Waals surface area contributed by atoms with Crippen molar-refractivity contribution in [1.29, 1.82) is 0 Å². The van der Waals surface area contributed by atoms with E-state index in [-0.39, 0.29) is 16.8 Å². The van der Waals surface area contributed by atoms with Crippen LogP contribution in [-0.2, 0) is 10.2 Å². The number of nitrogens with zero attached hydrogens (tertiary/aromatic N) is 2. The third-order valence-corrected chi connectivity index (χ3v) is 5.48. The third kappa shape index (κ3) is 5.17. The molecule has 1 aliphatic rings. The van der Waals surface area contributed by atoms with Crippen LogP contribution in [0, 0.1) is 5.82 Å². The van der Waals surface area contributed by atoms with Crippen LogP contribution in [-0.4, -0.2) is 63.8 Å². The predicted molar refractivity (Wildman–Crippen MR) is 105 cm³/mol. The molecule has 0 aliphatic carbocycles. The van der Waals surface area contributed by atoms with Crippen molar-refractivity contribution in [2.24, 2.45) is 4.99 Å². The summed E-state index contributed by atoms with van der Waals surface area (Å²) in [5, 5.41) is 6.85. The standard InChI is InChI=1S/C20H33FN4O/c1-19(2,16-7-6-8-17(21)13-16)14-23-18(22-3)24-15-20(25(4)5)9-11-26-12-10-20/h6-8,13H,9-12,14-15H2,1-5H3,(H2,22,23,24). The van der Waals surface area contributed by atoms with Crippen LogP contribution in [0.15, 0.2) is 29.3 Å². The first-order chi connectivity index (χ1) is 12.3. The first-order valence-corrected chi connectivity index (χ1v) is 9.25. The molecule has 1 fully saturated rings. The lowest BCUT2D eigenvalue weighted by atomic mass is 9.84. The van der Waals surface area contributed by atoms with Gasteiger partial charge in [0, 0.05) is 44.3 Å². The summed E-state index contributed by atoms with van der Waals surface area (Å²) in [5.74, 6) is 0.563. The Kier molecular flexibility index (Phi) is 7.01. The zero-order chi connectivity index (χ0) is 19.2. The summed E-state index contributed by atoms with van der Waals surface area (Å²) in [6.07, 6.45) is 2.00. The van der Waals surface area contributed by atoms with Gasteiger partial charge in [-0.15, -0.1) is 0 Å². The van der Waals surface area contributed by atoms with Gasteiger partial charge in [0.1, 0.15) is 5.82 Å². The van der Waals surface area contributed by atoms with Gasteiger partial charge in [0.25, 0.3) is 0 Å². The number of hydrogen-bond acceptors (Lipinski definition) is 3. The highest BCUT2D eigenvalue weighted by Gasteiger charge is 2.35. The van der Waals surface area contributed by atoms with Crippen molar-refractivity contribution in [1.82, 2.24) is 15.5 Å². The average Bonchev–Trinajstić information content (AvgIpc) is 2.62. The minimum absolute atomic E-state index is 0.0773. The number of benzene rings is 1. The summed E-state index contributed by atoms with van der Waals surface area (Å²) in [4.78, 5) is 6.63. The Morgan fingerprint density at radius 2 is 1.96 bits per heavy atom. The van der Waals surface area contributed by atoms with Crippen LogP contribution in [0.3, 0.4) is 0 Å². The van der Waals surface area contributed by atoms with Crippen molar-refractivity contribution >= 4 is 5.96 Å². The third-order valence-electron chi connectivity index (χ3n) is 5.48. The average molecular weight is 365 g/mol. The van der Waals surface area contributed by atoms with Crippen LogP contribution < -0.4 is 10.6 Å². The van der Waals surface area contributed by atoms with Gasteiger partial charge in [-0.05, 0) is 44.6 Å². The van der Waals surface area contributed by atoms with Crippen LogP contribution in [0.25, 0.3) is 0 Å². The summed E-state index contributed by atoms with van der Waals surface area (Å²) >= 11 is 0. The molecular formula is C20H33FN4O. The Labute approximate surface area is 157 Å². The molecule has 0 bridgehead atoms. The molecule has 0 unspecified atom stereocenters. The minimum atomic E-state index is -0.211. The molecule has 1 heterocycles. The molecule has 0 atom stereocenters. The zero-order valence-corrected chi connectivity index (χ0v) is 16.7. The highest BCUT2D eigenvalue weighted by Crippen LogP contribution is 2.25. The van der Waals surface area contributed by atoms with E-state index in [2.05, 4.69) is 48.5 Å². The van der Waals surface area contributed by atoms with Crippen LogP contribution in [0.4, 0.5) is 4.39 Å². The summed E-state index contributed by atoms with van der Waals surface area (Å²) in [5.41, 5.74) is 0.834. The van der Waals surface area contributed by atoms with Crippen molar-refractivity contribution < 1.29 is 9.13 Å². The van der Waals surface area contributed by atoms with Crippen molar-refractivity contribution in [3.8, 4) is 0 Å². The van der Waals surface area contributed by atoms with E-state index in [1.807, 2.05) is 6.07 Å². The summed E-state index contributed by atoms with van der Waals surface area (Å²) in [6.45, 7) is 7.25. The number of ether oxygens (including phenoxy) is 1. The lowest BCUT2D eigenvalue weighted by Gasteiger charge is -2.43. The molecule has 0 aromatic heterocycles. The van der Waals surface area contributed by atoms with Crippen LogP contribution in [0.5, 0.6) is 0 Å². The normalized spacial score (nSPS) is 18.0. The molecular weight excluding hydrogens is 331 g/mol. The predicted octanol–water partition coefficient (Wildman–Crippen LogP) is 2.38. The molecule has 0 radical (unpaired) electrons. The van der Waals surface area contributed by atoms with E-state index in [0.29, 0.717) is 6.54 Å². The molecule has 26 heavy (non-hydrogen) atoms. The second-order valence-electron chi connectivity index (χ2n) is 7.90. The highest BCUT2D eigenvalue weighted by atomic mass is 19.1. The number of rotatable bonds is 6. The lowest BCUT2D eigenvalue weighted by Crippen LogP contribution is -2.57. The molecule has 5 nitrogen and oxygen atoms in total. The van der Waals surface area contributed by atoms with Crippen LogP contribution in [0.1, 0.15) is 32.3 Å². The van der Waals surface area contributed by atoms with Crippen LogP contribution in [0.2, 0.25) is 0 Å². The number of guanidine groups is 1. The number of hydrogen-bond donors (Lipinski definition) is 2. The summed E-state index contributed by atoms with van der Waals surface area (Å²) in [7, 11) is 6.02. The van der Waals surface area contributed by atoms with Crippen molar-refractivity contribution in [3.63, 3.8) is 0 Å². The molecule has 6 heteroatoms. The molecule has 1 aromatic carbocycles. The fraction of sp³-hybridized carbons (Fsp3) is 0.650. The highest BCUT2D eigenvalue weighted by molar-refractivity contribution is 5.79. The minimum Gasteiger partial charge on any atom is -0.381 e. The monoisotopic (exact) mass is 364 g/mol. The van der Waals surface area contributed by atoms with Gasteiger partial charge in [0.15, 0.2) is 5.96 Å². The molecule has 0 amide bonds. The maximum atomic E-state index is 13.5. The van der Waals surface area contributed by atoms with Crippen molar-refractivity contribution in [2.75, 3.05) is 47.4 Å². The first kappa shape index (κ1) is 20.6. The summed E-state index contributed by atoms with van der Waals surface area (Å²) < 4.78 is 19.1. The Morgan fingerprint density at radius 1 is 1.27 bits per heavy atom. The Hall–Kier alpha value is -1.66. The fourth-order valence-electron chi connectivity index (χ4n) is 3.32. The molecule has 0 saturated carbocycles. The topological polar surface area (TPSA) is 48.9 Å². The molecule has 146 valence electrons. The largest absolute Gasteiger partial charge is 0.381 e. The quantitative estimate of drug-likeness (QED) is 0.601. The van der Waals surface area contributed by atoms with Gasteiger partial charge < -0.3 is 20.3 Å². The second-order valence-corrected chi connectivity index (χ2v) is 7.90. The van der Waals surface area contributed by atoms with Gasteiger partial charge in [0.2, 0.25) is 0 Å². The van der Waals surface area contributed by atoms with Crippen LogP contribution >= 0.6 is 0 Å². The van der Waals surface area contributed by atoms with Crippen molar-refractivity contribution in [2.45, 2.75) is 37.6 Å². The molecule has 1 saturated heterocycles. The van der Waals surface area contributed by atoms with E-state index in [4.69, 9.17) is 4.74 Å². The Balaban J connectivity index is 1.95. The smallest absolute Gasteiger partial charge is 0.191 e. The Morgan fingerprint density at radius 3 is 2.54 bits per heavy atom. The van der Waals surface area contributed by atoms with E-state index in [1.54, 1.807) is 19.2 Å². The van der Waals surface area contributed by atoms with Crippen molar-refractivity contribution in [3.05, 3.63) is 35.6 Å². The lowest BCUT2D eigenvalue weighted by molar-refractivity contribution is -0.00501. The number of halogens is 1. The second kappa shape index (κ2) is 8.82. The molecule has 2 rings (SSSR count). The number of aliphatic imine (C=N–C) groups is 1. The first-order valence-electron chi connectivity index (χ1n) is 9.25. The number of nitrogens with one attached hydrogen (secondary N) is 2. The Bertz CT molecular complexity index is 610. The van der Waals surface area contributed by atoms with Gasteiger partial charge in [-0.3, -0.25) is 4.99 Å². The number of likely N-dealkylation sites (N-methyl/N-ethyl adjacent to an activating group) is 1. The molecule has 1 aromatic rings. The van der Waals surface area contributed by atoms with E-state index in [1.165, 1.54) is 6.07 Å².